The summed E-state index contributed by atoms with van der Waals surface area (Å²) in [6, 6.07) is 0. The average molecular weight is 858 g/mol. The molecule has 4 saturated heterocycles. The molecule has 0 aliphatic carbocycles. The Bertz CT molecular complexity index is 1420. The van der Waals surface area contributed by atoms with Crippen molar-refractivity contribution in [2.45, 2.75) is 244 Å². The molecule has 0 radical (unpaired) electrons. The van der Waals surface area contributed by atoms with E-state index in [9.17, 15) is 24.4 Å². The van der Waals surface area contributed by atoms with E-state index in [1.54, 1.807) is 0 Å². The number of carbonyl (C=O) groups is 4. The topological polar surface area (TPSA) is 207 Å². The van der Waals surface area contributed by atoms with E-state index in [1.807, 2.05) is 111 Å². The van der Waals surface area contributed by atoms with Crippen molar-refractivity contribution in [1.82, 2.24) is 20.3 Å². The first kappa shape index (κ1) is 50.2. The molecule has 4 aliphatic heterocycles. The van der Waals surface area contributed by atoms with Crippen LogP contribution in [0, 0.1) is 11.8 Å². The first-order valence-electron chi connectivity index (χ1n) is 21.8. The van der Waals surface area contributed by atoms with Crippen molar-refractivity contribution in [2.24, 2.45) is 11.8 Å². The smallest absolute Gasteiger partial charge is 0.310 e. The largest absolute Gasteiger partial charge is 0.462 e. The van der Waals surface area contributed by atoms with Crippen LogP contribution in [0.4, 0.5) is 0 Å². The zero-order valence-electron chi connectivity index (χ0n) is 39.5. The van der Waals surface area contributed by atoms with Gasteiger partial charge in [0.25, 0.3) is 0 Å². The Kier molecular flexibility index (Phi) is 14.2. The fraction of sp³-hybridized carbons (Fsp3) is 0.909. The van der Waals surface area contributed by atoms with Crippen LogP contribution in [0.15, 0.2) is 0 Å². The molecule has 16 nitrogen and oxygen atoms in total. The summed E-state index contributed by atoms with van der Waals surface area (Å²) >= 11 is 0. The van der Waals surface area contributed by atoms with Gasteiger partial charge in [0.1, 0.15) is 24.4 Å². The molecule has 0 saturated carbocycles. The maximum Gasteiger partial charge on any atom is 0.310 e. The third-order valence-electron chi connectivity index (χ3n) is 13.6. The number of rotatable bonds is 11. The molecule has 0 amide bonds. The lowest BCUT2D eigenvalue weighted by Crippen LogP contribution is -2.61. The minimum absolute atomic E-state index is 0.263. The van der Waals surface area contributed by atoms with Gasteiger partial charge in [0.2, 0.25) is 0 Å². The van der Waals surface area contributed by atoms with Gasteiger partial charge in [0.05, 0.1) is 57.9 Å². The van der Waals surface area contributed by atoms with Crippen LogP contribution < -0.4 is 0 Å². The summed E-state index contributed by atoms with van der Waals surface area (Å²) in [5, 5.41) is 42.9. The van der Waals surface area contributed by atoms with Gasteiger partial charge in [0.15, 0.2) is 0 Å². The highest BCUT2D eigenvalue weighted by Gasteiger charge is 2.54. The second-order valence-electron chi connectivity index (χ2n) is 23.4. The van der Waals surface area contributed by atoms with E-state index in [2.05, 4.69) is 0 Å². The number of esters is 4. The molecule has 7 N–H and O–H groups in total. The summed E-state index contributed by atoms with van der Waals surface area (Å²) in [6.45, 7) is 30.2. The molecule has 2 unspecified atom stereocenters. The fourth-order valence-electron chi connectivity index (χ4n) is 11.2. The Labute approximate surface area is 358 Å². The lowest BCUT2D eigenvalue weighted by atomic mass is 9.79. The van der Waals surface area contributed by atoms with Gasteiger partial charge in [-0.1, -0.05) is 15.2 Å². The van der Waals surface area contributed by atoms with Crippen LogP contribution in [0.3, 0.4) is 0 Å². The molecule has 0 bridgehead atoms. The van der Waals surface area contributed by atoms with Gasteiger partial charge in [-0.05, 0) is 111 Å². The van der Waals surface area contributed by atoms with Crippen molar-refractivity contribution < 1.29 is 59.0 Å². The first-order chi connectivity index (χ1) is 26.9. The summed E-state index contributed by atoms with van der Waals surface area (Å²) in [7, 11) is 0. The molecule has 2 atom stereocenters. The number of piperidine rings is 4. The van der Waals surface area contributed by atoms with Crippen LogP contribution in [0.25, 0.3) is 0 Å². The summed E-state index contributed by atoms with van der Waals surface area (Å²) in [5.41, 5.74) is -5.41. The summed E-state index contributed by atoms with van der Waals surface area (Å²) in [6.07, 6.45) is -1.05. The zero-order chi connectivity index (χ0) is 46.0. The molecule has 4 aliphatic rings. The van der Waals surface area contributed by atoms with Crippen LogP contribution >= 0.6 is 0 Å². The molecule has 4 heterocycles. The Morgan fingerprint density at radius 2 is 0.633 bits per heavy atom. The van der Waals surface area contributed by atoms with Crippen molar-refractivity contribution in [2.75, 3.05) is 0 Å². The Morgan fingerprint density at radius 3 is 0.867 bits per heavy atom. The van der Waals surface area contributed by atoms with E-state index in [-0.39, 0.29) is 12.8 Å². The molecular formula is C44H81N4O12+3. The van der Waals surface area contributed by atoms with Gasteiger partial charge in [-0.25, -0.2) is 0 Å². The first-order valence-corrected chi connectivity index (χ1v) is 21.8. The van der Waals surface area contributed by atoms with Crippen LogP contribution in [0.2, 0.25) is 0 Å². The molecular weight excluding hydrogens is 776 g/mol. The minimum Gasteiger partial charge on any atom is -0.462 e. The van der Waals surface area contributed by atoms with Crippen LogP contribution in [0.5, 0.6) is 0 Å². The van der Waals surface area contributed by atoms with Gasteiger partial charge in [-0.15, -0.1) is 0 Å². The number of nitrogens with zero attached hydrogens (tertiary/aromatic N) is 4. The zero-order valence-corrected chi connectivity index (χ0v) is 39.5. The second kappa shape index (κ2) is 16.9. The summed E-state index contributed by atoms with van der Waals surface area (Å²) in [5.74, 6) is -6.22. The van der Waals surface area contributed by atoms with E-state index >= 15 is 0 Å². The Morgan fingerprint density at radius 1 is 0.433 bits per heavy atom. The normalized spacial score (nSPS) is 28.3. The molecule has 0 aromatic heterocycles. The van der Waals surface area contributed by atoms with Gasteiger partial charge in [-0.3, -0.25) is 19.2 Å². The van der Waals surface area contributed by atoms with Gasteiger partial charge < -0.3 is 39.8 Å². The highest BCUT2D eigenvalue weighted by Crippen LogP contribution is 2.43. The molecule has 0 aromatic rings. The monoisotopic (exact) mass is 858 g/mol. The highest BCUT2D eigenvalue weighted by molar-refractivity contribution is 5.88. The third-order valence-corrected chi connectivity index (χ3v) is 13.6. The molecule has 346 valence electrons. The number of hydroxylamine groups is 8. The van der Waals surface area contributed by atoms with E-state index < -0.39 is 117 Å². The Hall–Kier alpha value is -2.44. The van der Waals surface area contributed by atoms with E-state index in [4.69, 9.17) is 34.6 Å². The van der Waals surface area contributed by atoms with E-state index in [1.165, 1.54) is 20.3 Å². The van der Waals surface area contributed by atoms with Gasteiger partial charge in [0, 0.05) is 62.4 Å². The maximum atomic E-state index is 14.7. The molecule has 60 heavy (non-hydrogen) atoms. The lowest BCUT2D eigenvalue weighted by molar-refractivity contribution is -0.262. The van der Waals surface area contributed by atoms with E-state index in [0.717, 1.165) is 0 Å². The van der Waals surface area contributed by atoms with Crippen molar-refractivity contribution in [3.63, 3.8) is 0 Å². The molecule has 16 heteroatoms. The van der Waals surface area contributed by atoms with Crippen LogP contribution in [0.1, 0.15) is 175 Å². The number of carbonyl (C=O) groups excluding carboxylic acids is 4. The molecule has 4 rings (SSSR count). The SMILES string of the molecule is CC1(C)CC(OC(=O)C(CC(=O)OC2CC(C)(C)N([OH2+])C(C)(C)C2)C(CC(=O)OC2CC(C)(C)N([OH2+])C(C)(C)C2)C(=O)OC2CC(C)(C)N([OH2+])C(C)(C)C2)CC(C)(C)N1O. The summed E-state index contributed by atoms with van der Waals surface area (Å²) < 4.78 is 24.6. The minimum atomic E-state index is -1.51. The Balaban J connectivity index is 1.72. The maximum absolute atomic E-state index is 14.7. The number of hydrogen-bond donors (Lipinski definition) is 1. The van der Waals surface area contributed by atoms with E-state index in [0.29, 0.717) is 38.5 Å². The standard InChI is InChI=1S/C44H78N4O12/c1-37(2)19-27(20-38(3,4)45(37)53)57-33(49)17-31(35(51)59-29-23-41(9,10)47(55)42(11,12)24-29)32(36(52)60-30-25-43(13,14)48(56)44(15,16)26-30)18-34(50)58-28-21-39(5,6)46(54)40(7,8)22-28/h27-32,53-56H,17-26H2,1-16H3/p+3. The van der Waals surface area contributed by atoms with Crippen molar-refractivity contribution in [3.8, 4) is 0 Å². The van der Waals surface area contributed by atoms with Crippen molar-refractivity contribution in [1.29, 1.82) is 0 Å². The lowest BCUT2D eigenvalue weighted by Gasteiger charge is -2.51. The van der Waals surface area contributed by atoms with Crippen molar-refractivity contribution in [3.05, 3.63) is 0 Å². The quantitative estimate of drug-likeness (QED) is 0.172. The predicted molar refractivity (Wildman–Crippen MR) is 225 cm³/mol. The molecule has 4 fully saturated rings. The van der Waals surface area contributed by atoms with Gasteiger partial charge >= 0.3 is 23.9 Å². The second-order valence-corrected chi connectivity index (χ2v) is 23.4. The van der Waals surface area contributed by atoms with Gasteiger partial charge in [-0.2, -0.15) is 5.06 Å². The number of hydrogen-bond acceptors (Lipinski definition) is 13. The molecule has 0 spiro atoms. The number of ether oxygens (including phenoxy) is 4. The van der Waals surface area contributed by atoms with Crippen molar-refractivity contribution >= 4 is 23.9 Å². The third kappa shape index (κ3) is 11.2. The summed E-state index contributed by atoms with van der Waals surface area (Å²) in [4.78, 5) is 57.7. The molecule has 0 aromatic carbocycles. The fourth-order valence-corrected chi connectivity index (χ4v) is 11.2. The van der Waals surface area contributed by atoms with Crippen LogP contribution in [-0.4, -0.2) is 134 Å². The predicted octanol–water partition coefficient (Wildman–Crippen LogP) is 4.57. The average Bonchev–Trinajstić information content (AvgIpc) is 3.04. The van der Waals surface area contributed by atoms with Crippen LogP contribution in [-0.2, 0) is 38.1 Å². The highest BCUT2D eigenvalue weighted by atomic mass is 16.6.